The van der Waals surface area contributed by atoms with Crippen LogP contribution in [0.2, 0.25) is 5.02 Å². The number of nitrogens with two attached hydrogens (primary N) is 2. The van der Waals surface area contributed by atoms with Crippen LogP contribution in [0.15, 0.2) is 36.4 Å². The van der Waals surface area contributed by atoms with Crippen LogP contribution in [-0.4, -0.2) is 22.0 Å². The molecule has 0 spiro atoms. The van der Waals surface area contributed by atoms with E-state index in [1.165, 1.54) is 25.3 Å². The fraction of sp³-hybridized carbons (Fsp3) is 0.105. The van der Waals surface area contributed by atoms with Crippen LogP contribution in [-0.2, 0) is 6.61 Å². The molecule has 0 aliphatic rings. The summed E-state index contributed by atoms with van der Waals surface area (Å²) < 4.78 is 11.1. The maximum atomic E-state index is 10.8. The van der Waals surface area contributed by atoms with Crippen LogP contribution in [0.5, 0.6) is 11.5 Å². The Morgan fingerprint density at radius 3 is 2.57 bits per heavy atom. The average molecular weight is 427 g/mol. The van der Waals surface area contributed by atoms with Gasteiger partial charge in [-0.3, -0.25) is 10.1 Å². The Kier molecular flexibility index (Phi) is 5.85. The Balaban J connectivity index is 1.95. The molecule has 30 heavy (non-hydrogen) atoms. The number of hydrogen-bond acceptors (Lipinski definition) is 9. The monoisotopic (exact) mass is 426 g/mol. The van der Waals surface area contributed by atoms with E-state index in [-0.39, 0.29) is 46.1 Å². The summed E-state index contributed by atoms with van der Waals surface area (Å²) in [6, 6.07) is 11.0. The highest BCUT2D eigenvalue weighted by atomic mass is 35.5. The first-order chi connectivity index (χ1) is 14.3. The van der Waals surface area contributed by atoms with Gasteiger partial charge in [-0.05, 0) is 24.3 Å². The molecule has 0 saturated carbocycles. The predicted molar refractivity (Wildman–Crippen MR) is 110 cm³/mol. The number of nitro groups is 1. The molecule has 0 fully saturated rings. The van der Waals surface area contributed by atoms with Crippen molar-refractivity contribution in [1.29, 1.82) is 5.26 Å². The molecule has 152 valence electrons. The van der Waals surface area contributed by atoms with Gasteiger partial charge in [0.05, 0.1) is 22.7 Å². The highest BCUT2D eigenvalue weighted by molar-refractivity contribution is 6.32. The molecule has 1 aromatic heterocycles. The molecule has 0 saturated heterocycles. The number of anilines is 2. The van der Waals surface area contributed by atoms with Crippen molar-refractivity contribution in [3.05, 3.63) is 62.7 Å². The van der Waals surface area contributed by atoms with Gasteiger partial charge in [-0.15, -0.1) is 0 Å². The van der Waals surface area contributed by atoms with Crippen molar-refractivity contribution >= 4 is 29.1 Å². The van der Waals surface area contributed by atoms with Crippen LogP contribution in [0.1, 0.15) is 11.1 Å². The van der Waals surface area contributed by atoms with Crippen LogP contribution in [0.25, 0.3) is 11.3 Å². The van der Waals surface area contributed by atoms with Crippen LogP contribution in [0.3, 0.4) is 0 Å². The molecule has 0 amide bonds. The molecule has 0 aliphatic carbocycles. The highest BCUT2D eigenvalue weighted by Gasteiger charge is 2.16. The summed E-state index contributed by atoms with van der Waals surface area (Å²) in [6.45, 7) is 0.0342. The molecule has 11 heteroatoms. The number of hydrogen-bond donors (Lipinski definition) is 2. The number of non-ortho nitro benzene ring substituents is 1. The third-order valence-electron chi connectivity index (χ3n) is 4.13. The van der Waals surface area contributed by atoms with Gasteiger partial charge in [-0.25, -0.2) is 4.98 Å². The SMILES string of the molecule is COc1ccc(-c2nc(N)nc(N)c2C#N)cc1COc1ccc([N+](=O)[O-])cc1Cl. The first-order valence-corrected chi connectivity index (χ1v) is 8.79. The number of halogens is 1. The Morgan fingerprint density at radius 2 is 1.93 bits per heavy atom. The Bertz CT molecular complexity index is 1180. The van der Waals surface area contributed by atoms with Crippen LogP contribution in [0, 0.1) is 21.4 Å². The number of nitriles is 1. The van der Waals surface area contributed by atoms with Crippen LogP contribution >= 0.6 is 11.6 Å². The van der Waals surface area contributed by atoms with Gasteiger partial charge in [0.15, 0.2) is 0 Å². The minimum absolute atomic E-state index is 0.0220. The van der Waals surface area contributed by atoms with Gasteiger partial charge in [0.2, 0.25) is 5.95 Å². The molecule has 3 aromatic rings. The number of benzene rings is 2. The molecule has 1 heterocycles. The van der Waals surface area contributed by atoms with Gasteiger partial charge >= 0.3 is 0 Å². The summed E-state index contributed by atoms with van der Waals surface area (Å²) in [5, 5.41) is 20.3. The summed E-state index contributed by atoms with van der Waals surface area (Å²) in [6.07, 6.45) is 0. The number of rotatable bonds is 6. The molecule has 0 bridgehead atoms. The van der Waals surface area contributed by atoms with Crippen molar-refractivity contribution in [3.63, 3.8) is 0 Å². The van der Waals surface area contributed by atoms with Crippen molar-refractivity contribution in [2.75, 3.05) is 18.6 Å². The maximum absolute atomic E-state index is 10.8. The van der Waals surface area contributed by atoms with E-state index in [9.17, 15) is 15.4 Å². The molecule has 2 aromatic carbocycles. The summed E-state index contributed by atoms with van der Waals surface area (Å²) in [5.74, 6) is 0.701. The average Bonchev–Trinajstić information content (AvgIpc) is 2.72. The lowest BCUT2D eigenvalue weighted by atomic mass is 10.0. The van der Waals surface area contributed by atoms with Gasteiger partial charge in [0.1, 0.15) is 35.6 Å². The van der Waals surface area contributed by atoms with E-state index in [4.69, 9.17) is 32.5 Å². The van der Waals surface area contributed by atoms with Crippen LogP contribution in [0.4, 0.5) is 17.5 Å². The van der Waals surface area contributed by atoms with E-state index in [2.05, 4.69) is 9.97 Å². The van der Waals surface area contributed by atoms with E-state index in [1.54, 1.807) is 18.2 Å². The van der Waals surface area contributed by atoms with E-state index < -0.39 is 4.92 Å². The van der Waals surface area contributed by atoms with Gasteiger partial charge < -0.3 is 20.9 Å². The van der Waals surface area contributed by atoms with Crippen molar-refractivity contribution in [2.24, 2.45) is 0 Å². The van der Waals surface area contributed by atoms with E-state index >= 15 is 0 Å². The summed E-state index contributed by atoms with van der Waals surface area (Å²) in [7, 11) is 1.50. The van der Waals surface area contributed by atoms with E-state index in [0.29, 0.717) is 16.9 Å². The van der Waals surface area contributed by atoms with E-state index in [0.717, 1.165) is 0 Å². The molecule has 0 atom stereocenters. The minimum Gasteiger partial charge on any atom is -0.496 e. The molecular formula is C19H15ClN6O4. The topological polar surface area (TPSA) is 163 Å². The van der Waals surface area contributed by atoms with Crippen molar-refractivity contribution < 1.29 is 14.4 Å². The van der Waals surface area contributed by atoms with E-state index in [1.807, 2.05) is 6.07 Å². The molecule has 10 nitrogen and oxygen atoms in total. The quantitative estimate of drug-likeness (QED) is 0.444. The second-order valence-electron chi connectivity index (χ2n) is 5.99. The zero-order chi connectivity index (χ0) is 21.8. The number of ether oxygens (including phenoxy) is 2. The van der Waals surface area contributed by atoms with Gasteiger partial charge in [-0.2, -0.15) is 10.2 Å². The summed E-state index contributed by atoms with van der Waals surface area (Å²) >= 11 is 6.07. The molecule has 3 rings (SSSR count). The zero-order valence-corrected chi connectivity index (χ0v) is 16.4. The van der Waals surface area contributed by atoms with Crippen molar-refractivity contribution in [3.8, 4) is 28.8 Å². The third kappa shape index (κ3) is 4.16. The van der Waals surface area contributed by atoms with Crippen molar-refractivity contribution in [2.45, 2.75) is 6.61 Å². The first-order valence-electron chi connectivity index (χ1n) is 8.41. The number of nitrogens with zero attached hydrogens (tertiary/aromatic N) is 4. The van der Waals surface area contributed by atoms with Crippen LogP contribution < -0.4 is 20.9 Å². The smallest absolute Gasteiger partial charge is 0.271 e. The molecular weight excluding hydrogens is 412 g/mol. The van der Waals surface area contributed by atoms with Gasteiger partial charge in [0, 0.05) is 23.3 Å². The fourth-order valence-corrected chi connectivity index (χ4v) is 2.96. The standard InChI is InChI=1S/C19H15ClN6O4/c1-29-15-4-2-10(17-13(8-21)18(22)25-19(23)24-17)6-11(15)9-30-16-5-3-12(26(27)28)7-14(16)20/h2-7H,9H2,1H3,(H4,22,23,24,25). The lowest BCUT2D eigenvalue weighted by Gasteiger charge is -2.13. The third-order valence-corrected chi connectivity index (χ3v) is 4.42. The molecule has 4 N–H and O–H groups in total. The lowest BCUT2D eigenvalue weighted by molar-refractivity contribution is -0.384. The largest absolute Gasteiger partial charge is 0.496 e. The number of nitrogen functional groups attached to an aromatic ring is 2. The second kappa shape index (κ2) is 8.50. The summed E-state index contributed by atoms with van der Waals surface area (Å²) in [5.41, 5.74) is 12.9. The Hall–Kier alpha value is -4.10. The Labute approximate surface area is 175 Å². The maximum Gasteiger partial charge on any atom is 0.271 e. The summed E-state index contributed by atoms with van der Waals surface area (Å²) in [4.78, 5) is 18.2. The first kappa shape index (κ1) is 20.6. The fourth-order valence-electron chi connectivity index (χ4n) is 2.73. The van der Waals surface area contributed by atoms with Gasteiger partial charge in [-0.1, -0.05) is 11.6 Å². The predicted octanol–water partition coefficient (Wildman–Crippen LogP) is 3.33. The highest BCUT2D eigenvalue weighted by Crippen LogP contribution is 2.32. The normalized spacial score (nSPS) is 10.3. The van der Waals surface area contributed by atoms with Crippen molar-refractivity contribution in [1.82, 2.24) is 9.97 Å². The minimum atomic E-state index is -0.548. The molecule has 0 radical (unpaired) electrons. The Morgan fingerprint density at radius 1 is 1.20 bits per heavy atom. The number of aromatic nitrogens is 2. The number of methoxy groups -OCH3 is 1. The molecule has 0 aliphatic heterocycles. The number of nitro benzene ring substituents is 1. The second-order valence-corrected chi connectivity index (χ2v) is 6.40. The zero-order valence-electron chi connectivity index (χ0n) is 15.6. The molecule has 0 unspecified atom stereocenters. The van der Waals surface area contributed by atoms with Gasteiger partial charge in [0.25, 0.3) is 5.69 Å². The lowest BCUT2D eigenvalue weighted by Crippen LogP contribution is -2.05.